The predicted molar refractivity (Wildman–Crippen MR) is 70.4 cm³/mol. The minimum absolute atomic E-state index is 0.0117. The van der Waals surface area contributed by atoms with Crippen molar-refractivity contribution in [3.8, 4) is 0 Å². The number of carbonyl (C=O) groups is 2. The fourth-order valence-electron chi connectivity index (χ4n) is 1.80. The molecule has 1 rings (SSSR count). The van der Waals surface area contributed by atoms with Gasteiger partial charge in [-0.05, 0) is 27.2 Å². The van der Waals surface area contributed by atoms with Crippen molar-refractivity contribution >= 4 is 12.1 Å². The summed E-state index contributed by atoms with van der Waals surface area (Å²) in [6.07, 6.45) is -1.47. The van der Waals surface area contributed by atoms with Gasteiger partial charge in [0.05, 0.1) is 19.7 Å². The Hall–Kier alpha value is -1.34. The molecule has 20 heavy (non-hydrogen) atoms. The molecule has 0 spiro atoms. The number of aliphatic hydroxyl groups is 1. The molecule has 0 aromatic rings. The molecule has 0 aromatic carbocycles. The van der Waals surface area contributed by atoms with Crippen molar-refractivity contribution in [2.45, 2.75) is 51.4 Å². The Morgan fingerprint density at radius 2 is 2.05 bits per heavy atom. The van der Waals surface area contributed by atoms with E-state index in [2.05, 4.69) is 0 Å². The summed E-state index contributed by atoms with van der Waals surface area (Å²) in [7, 11) is 0. The van der Waals surface area contributed by atoms with Gasteiger partial charge < -0.3 is 24.6 Å². The fraction of sp³-hybridized carbons (Fsp3) is 0.846. The van der Waals surface area contributed by atoms with Gasteiger partial charge in [-0.1, -0.05) is 6.92 Å². The lowest BCUT2D eigenvalue weighted by molar-refractivity contribution is -0.152. The number of carbonyl (C=O) groups excluding carboxylic acids is 1. The first kappa shape index (κ1) is 16.7. The highest BCUT2D eigenvalue weighted by molar-refractivity contribution is 5.75. The number of ether oxygens (including phenoxy) is 2. The maximum atomic E-state index is 12.1. The van der Waals surface area contributed by atoms with Crippen molar-refractivity contribution in [1.29, 1.82) is 0 Å². The molecule has 7 heteroatoms. The Morgan fingerprint density at radius 3 is 2.50 bits per heavy atom. The molecule has 2 atom stereocenters. The molecule has 1 heterocycles. The number of nitrogens with zero attached hydrogens (tertiary/aromatic N) is 1. The lowest BCUT2D eigenvalue weighted by Gasteiger charge is -2.31. The van der Waals surface area contributed by atoms with Gasteiger partial charge in [-0.2, -0.15) is 0 Å². The van der Waals surface area contributed by atoms with Crippen LogP contribution in [0, 0.1) is 0 Å². The summed E-state index contributed by atoms with van der Waals surface area (Å²) >= 11 is 0. The number of rotatable bonds is 2. The minimum Gasteiger partial charge on any atom is -0.479 e. The van der Waals surface area contributed by atoms with Gasteiger partial charge in [0.15, 0.2) is 6.10 Å². The molecule has 1 aliphatic rings. The zero-order valence-corrected chi connectivity index (χ0v) is 12.4. The number of hydrogen-bond acceptors (Lipinski definition) is 5. The average Bonchev–Trinajstić information content (AvgIpc) is 2.47. The van der Waals surface area contributed by atoms with Crippen LogP contribution in [0.15, 0.2) is 0 Å². The van der Waals surface area contributed by atoms with Gasteiger partial charge in [0.1, 0.15) is 11.2 Å². The Bertz CT molecular complexity index is 378. The van der Waals surface area contributed by atoms with Gasteiger partial charge in [0.2, 0.25) is 0 Å². The molecule has 1 amide bonds. The Kier molecular flexibility index (Phi) is 4.99. The van der Waals surface area contributed by atoms with E-state index in [0.717, 1.165) is 0 Å². The third-order valence-corrected chi connectivity index (χ3v) is 3.01. The van der Waals surface area contributed by atoms with Crippen LogP contribution in [0.3, 0.4) is 0 Å². The second kappa shape index (κ2) is 5.97. The zero-order chi connectivity index (χ0) is 15.6. The smallest absolute Gasteiger partial charge is 0.410 e. The lowest BCUT2D eigenvalue weighted by Crippen LogP contribution is -2.48. The number of aliphatic carboxylic acids is 1. The maximum absolute atomic E-state index is 12.1. The van der Waals surface area contributed by atoms with Crippen LogP contribution in [0.2, 0.25) is 0 Å². The van der Waals surface area contributed by atoms with E-state index in [1.54, 1.807) is 27.7 Å². The van der Waals surface area contributed by atoms with Crippen LogP contribution < -0.4 is 0 Å². The standard InChI is InChI=1S/C13H23NO6/c1-5-13(18)7-14(11(17)20-12(2,3)4)6-9(10(15)16)19-8-13/h9,18H,5-8H2,1-4H3,(H,15,16)/t9-,13+/m0/s1. The molecule has 0 aliphatic carbocycles. The summed E-state index contributed by atoms with van der Waals surface area (Å²) in [5.41, 5.74) is -1.95. The molecule has 0 aromatic heterocycles. The highest BCUT2D eigenvalue weighted by Gasteiger charge is 2.39. The number of amides is 1. The van der Waals surface area contributed by atoms with Gasteiger partial charge in [-0.3, -0.25) is 0 Å². The van der Waals surface area contributed by atoms with Gasteiger partial charge in [-0.25, -0.2) is 9.59 Å². The van der Waals surface area contributed by atoms with Crippen LogP contribution in [0.25, 0.3) is 0 Å². The van der Waals surface area contributed by atoms with Crippen LogP contribution in [0.4, 0.5) is 4.79 Å². The molecule has 0 radical (unpaired) electrons. The molecule has 0 unspecified atom stereocenters. The van der Waals surface area contributed by atoms with Crippen LogP contribution in [-0.2, 0) is 14.3 Å². The van der Waals surface area contributed by atoms with Gasteiger partial charge in [0.25, 0.3) is 0 Å². The second-order valence-electron chi connectivity index (χ2n) is 6.08. The monoisotopic (exact) mass is 289 g/mol. The average molecular weight is 289 g/mol. The van der Waals surface area contributed by atoms with Gasteiger partial charge in [-0.15, -0.1) is 0 Å². The predicted octanol–water partition coefficient (Wildman–Crippen LogP) is 0.848. The van der Waals surface area contributed by atoms with E-state index in [-0.39, 0.29) is 19.7 Å². The first-order valence-corrected chi connectivity index (χ1v) is 6.61. The van der Waals surface area contributed by atoms with Crippen LogP contribution in [0.5, 0.6) is 0 Å². The van der Waals surface area contributed by atoms with E-state index in [4.69, 9.17) is 14.6 Å². The van der Waals surface area contributed by atoms with Gasteiger partial charge in [0, 0.05) is 0 Å². The zero-order valence-electron chi connectivity index (χ0n) is 12.4. The van der Waals surface area contributed by atoms with Crippen molar-refractivity contribution in [3.63, 3.8) is 0 Å². The quantitative estimate of drug-likeness (QED) is 0.782. The fourth-order valence-corrected chi connectivity index (χ4v) is 1.80. The van der Waals surface area contributed by atoms with E-state index in [1.165, 1.54) is 4.90 Å². The molecule has 2 N–H and O–H groups in total. The summed E-state index contributed by atoms with van der Waals surface area (Å²) in [5, 5.41) is 19.4. The van der Waals surface area contributed by atoms with E-state index in [1.807, 2.05) is 0 Å². The number of carboxylic acids is 1. The molecule has 0 saturated carbocycles. The molecule has 1 aliphatic heterocycles. The Labute approximate surface area is 118 Å². The molecule has 1 fully saturated rings. The van der Waals surface area contributed by atoms with E-state index in [0.29, 0.717) is 6.42 Å². The first-order chi connectivity index (χ1) is 9.06. The summed E-state index contributed by atoms with van der Waals surface area (Å²) < 4.78 is 10.4. The highest BCUT2D eigenvalue weighted by atomic mass is 16.6. The molecule has 1 saturated heterocycles. The lowest BCUT2D eigenvalue weighted by atomic mass is 10.0. The van der Waals surface area contributed by atoms with Crippen LogP contribution in [0.1, 0.15) is 34.1 Å². The number of hydrogen-bond donors (Lipinski definition) is 2. The normalized spacial score (nSPS) is 27.9. The molecule has 116 valence electrons. The minimum atomic E-state index is -1.26. The summed E-state index contributed by atoms with van der Waals surface area (Å²) in [4.78, 5) is 24.4. The largest absolute Gasteiger partial charge is 0.479 e. The molecule has 7 nitrogen and oxygen atoms in total. The Morgan fingerprint density at radius 1 is 1.45 bits per heavy atom. The Balaban J connectivity index is 2.89. The first-order valence-electron chi connectivity index (χ1n) is 6.61. The summed E-state index contributed by atoms with van der Waals surface area (Å²) in [6, 6.07) is 0. The third-order valence-electron chi connectivity index (χ3n) is 3.01. The second-order valence-corrected chi connectivity index (χ2v) is 6.08. The molecule has 0 bridgehead atoms. The van der Waals surface area contributed by atoms with E-state index >= 15 is 0 Å². The number of β-amino-alcohol motifs (C(OH)–C–C–N with tert-alkyl or cyclic N) is 1. The van der Waals surface area contributed by atoms with Crippen LogP contribution in [-0.4, -0.2) is 64.2 Å². The maximum Gasteiger partial charge on any atom is 0.410 e. The van der Waals surface area contributed by atoms with Crippen LogP contribution >= 0.6 is 0 Å². The topological polar surface area (TPSA) is 96.3 Å². The van der Waals surface area contributed by atoms with Crippen molar-refractivity contribution in [1.82, 2.24) is 4.90 Å². The van der Waals surface area contributed by atoms with Gasteiger partial charge >= 0.3 is 12.1 Å². The van der Waals surface area contributed by atoms with E-state index in [9.17, 15) is 14.7 Å². The highest BCUT2D eigenvalue weighted by Crippen LogP contribution is 2.21. The van der Waals surface area contributed by atoms with Crippen molar-refractivity contribution in [2.24, 2.45) is 0 Å². The third kappa shape index (κ3) is 4.64. The van der Waals surface area contributed by atoms with Crippen molar-refractivity contribution in [2.75, 3.05) is 19.7 Å². The van der Waals surface area contributed by atoms with E-state index < -0.39 is 29.4 Å². The number of carboxylic acid groups (broad SMARTS) is 1. The molecular formula is C13H23NO6. The molecular weight excluding hydrogens is 266 g/mol. The summed E-state index contributed by atoms with van der Waals surface area (Å²) in [5.74, 6) is -1.17. The van der Waals surface area contributed by atoms with Crippen molar-refractivity contribution < 1.29 is 29.3 Å². The van der Waals surface area contributed by atoms with Crippen molar-refractivity contribution in [3.05, 3.63) is 0 Å². The summed E-state index contributed by atoms with van der Waals surface area (Å²) in [6.45, 7) is 6.63. The SMILES string of the molecule is CC[C@]1(O)CO[C@H](C(=O)O)CN(C(=O)OC(C)(C)C)C1.